The molecule has 0 aromatic heterocycles. The van der Waals surface area contributed by atoms with Crippen LogP contribution in [0.5, 0.6) is 0 Å². The SMILES string of the molecule is CCNCC(CC)(COCC)c1ccccc1. The van der Waals surface area contributed by atoms with E-state index in [2.05, 4.69) is 56.4 Å². The number of hydrogen-bond acceptors (Lipinski definition) is 2. The molecule has 1 rings (SSSR count). The lowest BCUT2D eigenvalue weighted by atomic mass is 9.78. The Hall–Kier alpha value is -0.860. The Bertz CT molecular complexity index is 289. The maximum atomic E-state index is 5.70. The summed E-state index contributed by atoms with van der Waals surface area (Å²) in [6, 6.07) is 10.7. The summed E-state index contributed by atoms with van der Waals surface area (Å²) in [6.45, 7) is 9.98. The number of ether oxygens (including phenoxy) is 1. The maximum Gasteiger partial charge on any atom is 0.0574 e. The van der Waals surface area contributed by atoms with Crippen LogP contribution in [-0.2, 0) is 10.2 Å². The number of benzene rings is 1. The molecule has 1 unspecified atom stereocenters. The van der Waals surface area contributed by atoms with Crippen LogP contribution in [0.3, 0.4) is 0 Å². The number of rotatable bonds is 8. The average Bonchev–Trinajstić information content (AvgIpc) is 2.41. The quantitative estimate of drug-likeness (QED) is 0.748. The van der Waals surface area contributed by atoms with Crippen molar-refractivity contribution >= 4 is 0 Å². The van der Waals surface area contributed by atoms with Gasteiger partial charge < -0.3 is 10.1 Å². The Balaban J connectivity index is 2.89. The Morgan fingerprint density at radius 1 is 1.12 bits per heavy atom. The zero-order valence-electron chi connectivity index (χ0n) is 11.3. The molecule has 0 bridgehead atoms. The second-order valence-electron chi connectivity index (χ2n) is 4.42. The molecule has 0 saturated heterocycles. The van der Waals surface area contributed by atoms with E-state index in [9.17, 15) is 0 Å². The smallest absolute Gasteiger partial charge is 0.0574 e. The molecule has 17 heavy (non-hydrogen) atoms. The van der Waals surface area contributed by atoms with E-state index >= 15 is 0 Å². The van der Waals surface area contributed by atoms with Crippen LogP contribution in [0.15, 0.2) is 30.3 Å². The maximum absolute atomic E-state index is 5.70. The van der Waals surface area contributed by atoms with Crippen molar-refractivity contribution in [3.63, 3.8) is 0 Å². The Kier molecular flexibility index (Phi) is 6.23. The molecule has 0 amide bonds. The van der Waals surface area contributed by atoms with Crippen LogP contribution in [0, 0.1) is 0 Å². The van der Waals surface area contributed by atoms with Gasteiger partial charge in [0.25, 0.3) is 0 Å². The summed E-state index contributed by atoms with van der Waals surface area (Å²) in [5, 5.41) is 3.47. The first kappa shape index (κ1) is 14.2. The van der Waals surface area contributed by atoms with Crippen molar-refractivity contribution in [3.8, 4) is 0 Å². The van der Waals surface area contributed by atoms with E-state index in [0.29, 0.717) is 0 Å². The molecule has 0 radical (unpaired) electrons. The summed E-state index contributed by atoms with van der Waals surface area (Å²) in [5.41, 5.74) is 1.48. The van der Waals surface area contributed by atoms with Gasteiger partial charge in [-0.1, -0.05) is 44.2 Å². The van der Waals surface area contributed by atoms with Crippen LogP contribution >= 0.6 is 0 Å². The molecule has 0 aliphatic rings. The second kappa shape index (κ2) is 7.46. The number of hydrogen-bond donors (Lipinski definition) is 1. The van der Waals surface area contributed by atoms with Crippen LogP contribution in [0.2, 0.25) is 0 Å². The highest BCUT2D eigenvalue weighted by molar-refractivity contribution is 5.26. The lowest BCUT2D eigenvalue weighted by Crippen LogP contribution is -2.41. The van der Waals surface area contributed by atoms with Crippen molar-refractivity contribution in [2.45, 2.75) is 32.6 Å². The lowest BCUT2D eigenvalue weighted by molar-refractivity contribution is 0.0886. The molecule has 0 fully saturated rings. The van der Waals surface area contributed by atoms with E-state index in [1.165, 1.54) is 5.56 Å². The van der Waals surface area contributed by atoms with E-state index < -0.39 is 0 Å². The first-order valence-electron chi connectivity index (χ1n) is 6.63. The third kappa shape index (κ3) is 3.83. The van der Waals surface area contributed by atoms with Crippen molar-refractivity contribution in [3.05, 3.63) is 35.9 Å². The van der Waals surface area contributed by atoms with Gasteiger partial charge in [0.2, 0.25) is 0 Å². The summed E-state index contributed by atoms with van der Waals surface area (Å²) < 4.78 is 5.70. The van der Waals surface area contributed by atoms with Crippen LogP contribution in [0.1, 0.15) is 32.8 Å². The summed E-state index contributed by atoms with van der Waals surface area (Å²) in [5.74, 6) is 0. The highest BCUT2D eigenvalue weighted by atomic mass is 16.5. The van der Waals surface area contributed by atoms with Crippen LogP contribution in [0.25, 0.3) is 0 Å². The minimum atomic E-state index is 0.104. The van der Waals surface area contributed by atoms with Gasteiger partial charge in [-0.05, 0) is 25.5 Å². The largest absolute Gasteiger partial charge is 0.381 e. The molecule has 0 heterocycles. The lowest BCUT2D eigenvalue weighted by Gasteiger charge is -2.33. The Morgan fingerprint density at radius 3 is 2.35 bits per heavy atom. The standard InChI is InChI=1S/C15H25NO/c1-4-15(12-16-5-2,13-17-6-3)14-10-8-7-9-11-14/h7-11,16H,4-6,12-13H2,1-3H3. The van der Waals surface area contributed by atoms with Gasteiger partial charge in [0.15, 0.2) is 0 Å². The summed E-state index contributed by atoms with van der Waals surface area (Å²) in [7, 11) is 0. The topological polar surface area (TPSA) is 21.3 Å². The first-order chi connectivity index (χ1) is 8.29. The monoisotopic (exact) mass is 235 g/mol. The number of nitrogens with one attached hydrogen (secondary N) is 1. The second-order valence-corrected chi connectivity index (χ2v) is 4.42. The zero-order valence-corrected chi connectivity index (χ0v) is 11.3. The van der Waals surface area contributed by atoms with E-state index in [0.717, 1.165) is 32.7 Å². The molecular formula is C15H25NO. The molecule has 96 valence electrons. The number of likely N-dealkylation sites (N-methyl/N-ethyl adjacent to an activating group) is 1. The third-order valence-corrected chi connectivity index (χ3v) is 3.36. The average molecular weight is 235 g/mol. The van der Waals surface area contributed by atoms with Crippen molar-refractivity contribution in [1.82, 2.24) is 5.32 Å². The highest BCUT2D eigenvalue weighted by Crippen LogP contribution is 2.27. The van der Waals surface area contributed by atoms with Crippen molar-refractivity contribution < 1.29 is 4.74 Å². The third-order valence-electron chi connectivity index (χ3n) is 3.36. The molecule has 0 saturated carbocycles. The zero-order chi connectivity index (χ0) is 12.6. The van der Waals surface area contributed by atoms with Gasteiger partial charge in [-0.3, -0.25) is 0 Å². The fraction of sp³-hybridized carbons (Fsp3) is 0.600. The predicted molar refractivity (Wildman–Crippen MR) is 73.4 cm³/mol. The molecule has 1 atom stereocenters. The fourth-order valence-electron chi connectivity index (χ4n) is 2.12. The van der Waals surface area contributed by atoms with Gasteiger partial charge in [0.05, 0.1) is 6.61 Å². The normalized spacial score (nSPS) is 14.5. The first-order valence-corrected chi connectivity index (χ1v) is 6.63. The Labute approximate surface area is 105 Å². The minimum Gasteiger partial charge on any atom is -0.381 e. The minimum absolute atomic E-state index is 0.104. The van der Waals surface area contributed by atoms with Crippen LogP contribution in [-0.4, -0.2) is 26.3 Å². The van der Waals surface area contributed by atoms with Crippen molar-refractivity contribution in [2.75, 3.05) is 26.3 Å². The Morgan fingerprint density at radius 2 is 1.82 bits per heavy atom. The molecule has 0 spiro atoms. The molecule has 1 aromatic carbocycles. The van der Waals surface area contributed by atoms with Gasteiger partial charge in [-0.25, -0.2) is 0 Å². The van der Waals surface area contributed by atoms with E-state index in [4.69, 9.17) is 4.74 Å². The van der Waals surface area contributed by atoms with Crippen molar-refractivity contribution in [2.24, 2.45) is 0 Å². The van der Waals surface area contributed by atoms with Gasteiger partial charge in [-0.2, -0.15) is 0 Å². The van der Waals surface area contributed by atoms with E-state index in [-0.39, 0.29) is 5.41 Å². The van der Waals surface area contributed by atoms with Gasteiger partial charge in [0, 0.05) is 18.6 Å². The van der Waals surface area contributed by atoms with Crippen LogP contribution < -0.4 is 5.32 Å². The van der Waals surface area contributed by atoms with E-state index in [1.54, 1.807) is 0 Å². The molecule has 1 aromatic rings. The molecule has 0 aliphatic carbocycles. The van der Waals surface area contributed by atoms with Crippen molar-refractivity contribution in [1.29, 1.82) is 0 Å². The molecule has 2 nitrogen and oxygen atoms in total. The van der Waals surface area contributed by atoms with Gasteiger partial charge in [0.1, 0.15) is 0 Å². The summed E-state index contributed by atoms with van der Waals surface area (Å²) >= 11 is 0. The van der Waals surface area contributed by atoms with E-state index in [1.807, 2.05) is 0 Å². The van der Waals surface area contributed by atoms with Gasteiger partial charge in [-0.15, -0.1) is 0 Å². The highest BCUT2D eigenvalue weighted by Gasteiger charge is 2.29. The fourth-order valence-corrected chi connectivity index (χ4v) is 2.12. The summed E-state index contributed by atoms with van der Waals surface area (Å²) in [6.07, 6.45) is 1.09. The summed E-state index contributed by atoms with van der Waals surface area (Å²) in [4.78, 5) is 0. The van der Waals surface area contributed by atoms with Crippen LogP contribution in [0.4, 0.5) is 0 Å². The molecule has 2 heteroatoms. The van der Waals surface area contributed by atoms with Gasteiger partial charge >= 0.3 is 0 Å². The molecule has 0 aliphatic heterocycles. The molecular weight excluding hydrogens is 210 g/mol. The predicted octanol–water partition coefficient (Wildman–Crippen LogP) is 2.98. The molecule has 1 N–H and O–H groups in total.